The number of rotatable bonds is 4. The van der Waals surface area contributed by atoms with Crippen molar-refractivity contribution in [2.75, 3.05) is 14.7 Å². The number of benzene rings is 9. The molecule has 9 aromatic rings. The van der Waals surface area contributed by atoms with Gasteiger partial charge in [-0.1, -0.05) is 232 Å². The van der Waals surface area contributed by atoms with Crippen LogP contribution in [0.1, 0.15) is 209 Å². The molecule has 0 bridgehead atoms. The van der Waals surface area contributed by atoms with Crippen molar-refractivity contribution < 1.29 is 0 Å². The van der Waals surface area contributed by atoms with Crippen LogP contribution in [-0.4, -0.2) is 12.3 Å². The smallest absolute Gasteiger partial charge is 0.252 e. The van der Waals surface area contributed by atoms with Gasteiger partial charge in [-0.05, 0) is 193 Å². The molecule has 4 heteroatoms. The summed E-state index contributed by atoms with van der Waals surface area (Å²) in [6.07, 6.45) is 4.79. The second-order valence-corrected chi connectivity index (χ2v) is 32.3. The van der Waals surface area contributed by atoms with Gasteiger partial charge >= 0.3 is 0 Å². The molecule has 6 aliphatic rings. The predicted molar refractivity (Wildman–Crippen MR) is 377 cm³/mol. The van der Waals surface area contributed by atoms with Crippen LogP contribution in [0.15, 0.2) is 170 Å². The van der Waals surface area contributed by atoms with Gasteiger partial charge in [0.05, 0.1) is 11.2 Å². The number of anilines is 8. The van der Waals surface area contributed by atoms with Gasteiger partial charge in [0.15, 0.2) is 0 Å². The minimum Gasteiger partial charge on any atom is -0.334 e. The first kappa shape index (κ1) is 56.9. The fourth-order valence-electron chi connectivity index (χ4n) is 18.2. The lowest BCUT2D eigenvalue weighted by Crippen LogP contribution is -2.62. The van der Waals surface area contributed by atoms with Crippen molar-refractivity contribution in [1.82, 2.24) is 0 Å². The number of hydrogen-bond donors (Lipinski definition) is 0. The summed E-state index contributed by atoms with van der Waals surface area (Å²) in [7, 11) is 0. The Morgan fingerprint density at radius 3 is 1.42 bits per heavy atom. The van der Waals surface area contributed by atoms with E-state index in [1.165, 1.54) is 165 Å². The van der Waals surface area contributed by atoms with Crippen LogP contribution in [0, 0.1) is 13.8 Å². The van der Waals surface area contributed by atoms with Crippen LogP contribution in [0.3, 0.4) is 0 Å². The highest BCUT2D eigenvalue weighted by Crippen LogP contribution is 2.63. The number of fused-ring (bicyclic) bond motifs is 11. The van der Waals surface area contributed by atoms with Gasteiger partial charge in [-0.2, -0.15) is 0 Å². The first-order chi connectivity index (χ1) is 41.5. The van der Waals surface area contributed by atoms with Crippen molar-refractivity contribution in [2.24, 2.45) is 0 Å². The van der Waals surface area contributed by atoms with Crippen LogP contribution >= 0.6 is 0 Å². The van der Waals surface area contributed by atoms with Gasteiger partial charge < -0.3 is 14.7 Å². The van der Waals surface area contributed by atoms with Gasteiger partial charge in [0.2, 0.25) is 0 Å². The van der Waals surface area contributed by atoms with Crippen LogP contribution in [-0.2, 0) is 37.9 Å². The molecule has 0 amide bonds. The van der Waals surface area contributed by atoms with Crippen molar-refractivity contribution in [3.05, 3.63) is 242 Å². The lowest BCUT2D eigenvalue weighted by Gasteiger charge is -2.51. The topological polar surface area (TPSA) is 9.72 Å². The van der Waals surface area contributed by atoms with E-state index in [0.717, 1.165) is 6.42 Å². The van der Waals surface area contributed by atoms with Gasteiger partial charge in [-0.25, -0.2) is 0 Å². The second-order valence-electron chi connectivity index (χ2n) is 32.3. The normalized spacial score (nSPS) is 21.0. The van der Waals surface area contributed by atoms with E-state index in [4.69, 9.17) is 0 Å². The Bertz CT molecular complexity index is 4440. The van der Waals surface area contributed by atoms with E-state index in [1.807, 2.05) is 0 Å². The van der Waals surface area contributed by atoms with E-state index >= 15 is 0 Å². The first-order valence-corrected chi connectivity index (χ1v) is 33.1. The minimum atomic E-state index is -0.259. The fraction of sp³-hybridized carbons (Fsp3) is 0.357. The zero-order chi connectivity index (χ0) is 61.9. The summed E-state index contributed by atoms with van der Waals surface area (Å²) >= 11 is 0. The van der Waals surface area contributed by atoms with Gasteiger partial charge in [0, 0.05) is 72.5 Å². The van der Waals surface area contributed by atoms with E-state index < -0.39 is 0 Å². The Labute approximate surface area is 527 Å². The molecule has 0 spiro atoms. The molecular formula is C84H90BN3. The van der Waals surface area contributed by atoms with Gasteiger partial charge in [0.1, 0.15) is 0 Å². The first-order valence-electron chi connectivity index (χ1n) is 33.1. The Balaban J connectivity index is 1.06. The summed E-state index contributed by atoms with van der Waals surface area (Å²) in [6.45, 7) is 43.8. The molecule has 0 saturated heterocycles. The molecule has 0 radical (unpaired) electrons. The van der Waals surface area contributed by atoms with Gasteiger partial charge in [0.25, 0.3) is 6.71 Å². The molecule has 2 atom stereocenters. The van der Waals surface area contributed by atoms with E-state index in [0.29, 0.717) is 0 Å². The number of hydrogen-bond acceptors (Lipinski definition) is 3. The summed E-state index contributed by atoms with van der Waals surface area (Å²) in [6, 6.07) is 68.1. The van der Waals surface area contributed by atoms with E-state index in [9.17, 15) is 0 Å². The lowest BCUT2D eigenvalue weighted by molar-refractivity contribution is 0.195. The molecule has 3 aliphatic heterocycles. The number of nitrogens with zero attached hydrogens (tertiary/aromatic N) is 3. The monoisotopic (exact) mass is 1150 g/mol. The summed E-state index contributed by atoms with van der Waals surface area (Å²) in [5.41, 5.74) is 33.7. The average Bonchev–Trinajstić information content (AvgIpc) is 0.818. The van der Waals surface area contributed by atoms with E-state index in [1.54, 1.807) is 0 Å². The standard InChI is InChI=1S/C84H90BN3/c1-51-42-74-76-75(43-51)87(71-49-64-62(44-52(71)2)79(9,10)58-30-22-24-32-60(58)81(64,13)14)72-47-56(88-70-39-35-55(78(6,7)8)46-66(70)83(17)40-26-27-41-84(83,88)18)36-37-67(72)85(76)68-48-63-65(82(15,16)61-33-25-23-31-59(61)80(63,11)12)50-73(68)86(74)69-38-34-54(77(3,4)5)45-57(69)53-28-20-19-21-29-53/h19-25,28-39,42-50H,26-27,40-41H2,1-18H3. The number of aryl methyl sites for hydroxylation is 2. The Kier molecular flexibility index (Phi) is 12.0. The zero-order valence-corrected chi connectivity index (χ0v) is 55.9. The molecule has 2 unspecified atom stereocenters. The van der Waals surface area contributed by atoms with Crippen LogP contribution in [0.4, 0.5) is 45.5 Å². The average molecular weight is 1150 g/mol. The van der Waals surface area contributed by atoms with Crippen molar-refractivity contribution >= 4 is 68.6 Å². The molecule has 88 heavy (non-hydrogen) atoms. The van der Waals surface area contributed by atoms with Crippen molar-refractivity contribution in [3.8, 4) is 11.1 Å². The quantitative estimate of drug-likeness (QED) is 0.163. The van der Waals surface area contributed by atoms with E-state index in [2.05, 4.69) is 309 Å². The Hall–Kier alpha value is -7.56. The summed E-state index contributed by atoms with van der Waals surface area (Å²) < 4.78 is 0. The summed E-state index contributed by atoms with van der Waals surface area (Å²) in [4.78, 5) is 8.30. The minimum absolute atomic E-state index is 0.0203. The van der Waals surface area contributed by atoms with Crippen molar-refractivity contribution in [1.29, 1.82) is 0 Å². The molecule has 0 N–H and O–H groups in total. The van der Waals surface area contributed by atoms with Crippen LogP contribution < -0.4 is 31.1 Å². The van der Waals surface area contributed by atoms with Crippen LogP contribution in [0.2, 0.25) is 0 Å². The third-order valence-corrected chi connectivity index (χ3v) is 23.6. The third kappa shape index (κ3) is 7.68. The van der Waals surface area contributed by atoms with Crippen LogP contribution in [0.5, 0.6) is 0 Å². The largest absolute Gasteiger partial charge is 0.334 e. The maximum Gasteiger partial charge on any atom is 0.252 e. The molecule has 3 aliphatic carbocycles. The third-order valence-electron chi connectivity index (χ3n) is 23.6. The molecular weight excluding hydrogens is 1060 g/mol. The lowest BCUT2D eigenvalue weighted by atomic mass is 9.33. The predicted octanol–water partition coefficient (Wildman–Crippen LogP) is 20.3. The fourth-order valence-corrected chi connectivity index (χ4v) is 18.2. The molecule has 444 valence electrons. The summed E-state index contributed by atoms with van der Waals surface area (Å²) in [5, 5.41) is 0. The molecule has 1 saturated carbocycles. The molecule has 9 aromatic carbocycles. The highest BCUT2D eigenvalue weighted by atomic mass is 15.3. The zero-order valence-electron chi connectivity index (χ0n) is 55.9. The maximum atomic E-state index is 2.83. The van der Waals surface area contributed by atoms with Crippen molar-refractivity contribution in [3.63, 3.8) is 0 Å². The molecule has 15 rings (SSSR count). The maximum absolute atomic E-state index is 2.83. The van der Waals surface area contributed by atoms with Gasteiger partial charge in [-0.3, -0.25) is 0 Å². The Morgan fingerprint density at radius 1 is 0.375 bits per heavy atom. The summed E-state index contributed by atoms with van der Waals surface area (Å²) in [5.74, 6) is 0. The van der Waals surface area contributed by atoms with E-state index in [-0.39, 0.29) is 50.2 Å². The van der Waals surface area contributed by atoms with Crippen molar-refractivity contribution in [2.45, 2.75) is 194 Å². The van der Waals surface area contributed by atoms with Crippen LogP contribution in [0.25, 0.3) is 11.1 Å². The molecule has 1 fully saturated rings. The Morgan fingerprint density at radius 2 is 0.852 bits per heavy atom. The molecule has 0 aromatic heterocycles. The molecule has 3 nitrogen and oxygen atoms in total. The SMILES string of the molecule is Cc1cc2c3c(c1)N(c1ccc(C(C)(C)C)cc1-c1ccccc1)c1cc4c(cc1B3c1ccc(N3c5ccc(C(C)(C)C)cc5C5(C)CCCCC35C)cc1N2c1cc2c(cc1C)C(C)(C)c1ccccc1C2(C)C)C(C)(C)c1ccccc1C4(C)C. The second kappa shape index (κ2) is 18.5. The van der Waals surface area contributed by atoms with Gasteiger partial charge in [-0.15, -0.1) is 0 Å². The highest BCUT2D eigenvalue weighted by molar-refractivity contribution is 7.00. The molecule has 3 heterocycles. The highest BCUT2D eigenvalue weighted by Gasteiger charge is 2.58.